The van der Waals surface area contributed by atoms with E-state index in [9.17, 15) is 43.7 Å². The van der Waals surface area contributed by atoms with Gasteiger partial charge in [0.2, 0.25) is 11.2 Å². The van der Waals surface area contributed by atoms with E-state index in [4.69, 9.17) is 16.3 Å². The van der Waals surface area contributed by atoms with Crippen LogP contribution in [0.5, 0.6) is 6.01 Å². The van der Waals surface area contributed by atoms with E-state index in [1.54, 1.807) is 0 Å². The Labute approximate surface area is 332 Å². The van der Waals surface area contributed by atoms with Crippen molar-refractivity contribution in [2.24, 2.45) is 15.3 Å². The molecular weight excluding hydrogens is 729 g/mol. The summed E-state index contributed by atoms with van der Waals surface area (Å²) in [6.45, 7) is 1.33. The quantitative estimate of drug-likeness (QED) is 0.121. The normalized spacial score (nSPS) is 15.0. The van der Waals surface area contributed by atoms with Crippen molar-refractivity contribution < 1.29 is 137 Å². The minimum absolute atomic E-state index is 0. The predicted octanol–water partition coefficient (Wildman–Crippen LogP) is -8.12. The molecule has 0 saturated carbocycles. The first kappa shape index (κ1) is 42.8. The second-order valence-corrected chi connectivity index (χ2v) is 12.6. The fourth-order valence-electron chi connectivity index (χ4n) is 3.48. The largest absolute Gasteiger partial charge is 1.00 e. The zero-order chi connectivity index (χ0) is 31.9. The molecule has 2 aromatic carbocycles. The zero-order valence-corrected chi connectivity index (χ0v) is 33.5. The number of methoxy groups -OCH3 is 1. The average molecular weight is 743 g/mol. The summed E-state index contributed by atoms with van der Waals surface area (Å²) in [5.41, 5.74) is -1.64. The first-order valence-corrected chi connectivity index (χ1v) is 15.7. The maximum absolute atomic E-state index is 13.0. The summed E-state index contributed by atoms with van der Waals surface area (Å²) in [4.78, 5) is 21.1. The van der Waals surface area contributed by atoms with Crippen molar-refractivity contribution in [3.8, 4) is 6.01 Å². The van der Waals surface area contributed by atoms with Gasteiger partial charge in [-0.05, 0) is 54.9 Å². The standard InChI is InChI=1S/C20H17ClN8O11S3.3Na/c1-9-16(17(30)29(28-9)10-3-5-11(6-4-10)41(31,32)33)27-26-13-8-14(42(34,35)36)12(7-15(13)43(37,38)39)22-19-23-18(21)24-20(25-19)40-2;;;/h3-8,16H,1-2H3,(H,31,32,33)(H,34,35,36)(H,37,38,39)(H,22,23,24,25);;;/q;3*+1/p-3. The van der Waals surface area contributed by atoms with Crippen LogP contribution >= 0.6 is 11.6 Å². The number of nitrogens with zero attached hydrogens (tertiary/aromatic N) is 7. The number of carbonyl (C=O) groups excluding carboxylic acids is 1. The Bertz CT molecular complexity index is 2040. The summed E-state index contributed by atoms with van der Waals surface area (Å²) < 4.78 is 111. The second kappa shape index (κ2) is 16.5. The molecule has 1 aliphatic rings. The molecule has 0 radical (unpaired) electrons. The van der Waals surface area contributed by atoms with Gasteiger partial charge in [-0.1, -0.05) is 0 Å². The van der Waals surface area contributed by atoms with Crippen LogP contribution in [0.15, 0.2) is 66.4 Å². The summed E-state index contributed by atoms with van der Waals surface area (Å²) >= 11 is 5.74. The van der Waals surface area contributed by atoms with Crippen LogP contribution in [0.25, 0.3) is 0 Å². The van der Waals surface area contributed by atoms with Crippen molar-refractivity contribution in [2.45, 2.75) is 27.7 Å². The molecule has 0 bridgehead atoms. The molecule has 46 heavy (non-hydrogen) atoms. The molecule has 26 heteroatoms. The number of hydrogen-bond acceptors (Lipinski definition) is 18. The van der Waals surface area contributed by atoms with Gasteiger partial charge in [-0.15, -0.1) is 0 Å². The molecule has 4 rings (SSSR count). The van der Waals surface area contributed by atoms with Crippen molar-refractivity contribution in [2.75, 3.05) is 17.4 Å². The third-order valence-corrected chi connectivity index (χ3v) is 8.12. The molecule has 1 N–H and O–H groups in total. The van der Waals surface area contributed by atoms with Crippen LogP contribution in [-0.4, -0.2) is 78.6 Å². The molecule has 1 unspecified atom stereocenters. The summed E-state index contributed by atoms with van der Waals surface area (Å²) in [5.74, 6) is -1.36. The molecule has 3 aromatic rings. The van der Waals surface area contributed by atoms with E-state index in [1.807, 2.05) is 0 Å². The Morgan fingerprint density at radius 2 is 1.48 bits per heavy atom. The molecule has 1 aliphatic heterocycles. The van der Waals surface area contributed by atoms with E-state index in [1.165, 1.54) is 14.0 Å². The van der Waals surface area contributed by atoms with Crippen molar-refractivity contribution in [3.05, 3.63) is 41.7 Å². The number of ether oxygens (including phenoxy) is 1. The zero-order valence-electron chi connectivity index (χ0n) is 24.3. The smallest absolute Gasteiger partial charge is 0.744 e. The number of hydrogen-bond donors (Lipinski definition) is 1. The Kier molecular flexibility index (Phi) is 15.3. The molecule has 0 saturated heterocycles. The number of rotatable bonds is 9. The van der Waals surface area contributed by atoms with Crippen LogP contribution in [0.3, 0.4) is 0 Å². The molecular formula is C20H14ClN8Na3O11S3. The predicted molar refractivity (Wildman–Crippen MR) is 140 cm³/mol. The molecule has 0 spiro atoms. The van der Waals surface area contributed by atoms with Crippen LogP contribution < -0.4 is 104 Å². The van der Waals surface area contributed by atoms with Crippen LogP contribution in [-0.2, 0) is 35.1 Å². The first-order valence-electron chi connectivity index (χ1n) is 11.1. The Hall–Kier alpha value is -1.19. The maximum atomic E-state index is 13.0. The third-order valence-electron chi connectivity index (χ3n) is 5.36. The van der Waals surface area contributed by atoms with Gasteiger partial charge in [-0.25, -0.2) is 25.3 Å². The van der Waals surface area contributed by atoms with Crippen molar-refractivity contribution in [1.29, 1.82) is 0 Å². The van der Waals surface area contributed by atoms with Gasteiger partial charge in [0, 0.05) is 0 Å². The minimum atomic E-state index is -5.42. The number of halogens is 1. The van der Waals surface area contributed by atoms with Gasteiger partial charge in [-0.2, -0.15) is 35.3 Å². The fourth-order valence-corrected chi connectivity index (χ4v) is 5.35. The number of hydrazone groups is 1. The molecule has 228 valence electrons. The van der Waals surface area contributed by atoms with Crippen LogP contribution in [0, 0.1) is 0 Å². The molecule has 0 aliphatic carbocycles. The Balaban J connectivity index is 0.00000353. The number of amides is 1. The monoisotopic (exact) mass is 742 g/mol. The van der Waals surface area contributed by atoms with Gasteiger partial charge in [0.05, 0.1) is 38.9 Å². The topological polar surface area (TPSA) is 289 Å². The Morgan fingerprint density at radius 1 is 0.891 bits per heavy atom. The van der Waals surface area contributed by atoms with Crippen molar-refractivity contribution in [1.82, 2.24) is 15.0 Å². The van der Waals surface area contributed by atoms with E-state index in [2.05, 4.69) is 35.6 Å². The van der Waals surface area contributed by atoms with Gasteiger partial charge in [0.1, 0.15) is 36.0 Å². The molecule has 0 fully saturated rings. The van der Waals surface area contributed by atoms with Crippen LogP contribution in [0.4, 0.5) is 23.0 Å². The molecule has 2 heterocycles. The SMILES string of the molecule is COc1nc(Cl)nc(Nc2cc(S(=O)(=O)[O-])c(N=NC3C(=O)N(c4ccc(S(=O)(=O)[O-])cc4)N=C3C)cc2S(=O)(=O)[O-])n1.[Na+].[Na+].[Na+]. The van der Waals surface area contributed by atoms with Gasteiger partial charge >= 0.3 is 94.7 Å². The Morgan fingerprint density at radius 3 is 2.00 bits per heavy atom. The van der Waals surface area contributed by atoms with Gasteiger partial charge in [-0.3, -0.25) is 4.79 Å². The van der Waals surface area contributed by atoms with Crippen LogP contribution in [0.1, 0.15) is 6.92 Å². The molecule has 1 aromatic heterocycles. The van der Waals surface area contributed by atoms with Crippen molar-refractivity contribution >= 4 is 76.6 Å². The number of azo groups is 1. The van der Waals surface area contributed by atoms with Crippen LogP contribution in [0.2, 0.25) is 5.28 Å². The molecule has 1 atom stereocenters. The number of nitrogens with one attached hydrogen (secondary N) is 1. The number of anilines is 3. The second-order valence-electron chi connectivity index (χ2n) is 8.22. The van der Waals surface area contributed by atoms with E-state index in [0.717, 1.165) is 29.3 Å². The summed E-state index contributed by atoms with van der Waals surface area (Å²) in [5, 5.41) is 13.9. The molecule has 19 nitrogen and oxygen atoms in total. The minimum Gasteiger partial charge on any atom is -0.744 e. The van der Waals surface area contributed by atoms with Gasteiger partial charge in [0.25, 0.3) is 5.91 Å². The fraction of sp³-hybridized carbons (Fsp3) is 0.150. The van der Waals surface area contributed by atoms with E-state index in [0.29, 0.717) is 12.1 Å². The summed E-state index contributed by atoms with van der Waals surface area (Å²) in [7, 11) is -14.4. The summed E-state index contributed by atoms with van der Waals surface area (Å²) in [6.07, 6.45) is 0. The number of aromatic nitrogens is 3. The molecule has 1 amide bonds. The van der Waals surface area contributed by atoms with E-state index >= 15 is 0 Å². The number of carbonyl (C=O) groups is 1. The summed E-state index contributed by atoms with van der Waals surface area (Å²) in [6, 6.07) is 3.17. The maximum Gasteiger partial charge on any atom is 1.00 e. The van der Waals surface area contributed by atoms with Gasteiger partial charge < -0.3 is 23.7 Å². The third kappa shape index (κ3) is 10.2. The van der Waals surface area contributed by atoms with Gasteiger partial charge in [0.15, 0.2) is 6.04 Å². The van der Waals surface area contributed by atoms with Crippen molar-refractivity contribution in [3.63, 3.8) is 0 Å². The van der Waals surface area contributed by atoms with E-state index < -0.39 is 79.6 Å². The van der Waals surface area contributed by atoms with E-state index in [-0.39, 0.29) is 106 Å². The average Bonchev–Trinajstić information content (AvgIpc) is 3.18. The number of benzene rings is 2. The first-order chi connectivity index (χ1) is 19.9.